The lowest BCUT2D eigenvalue weighted by Gasteiger charge is -2.30. The Labute approximate surface area is 219 Å². The van der Waals surface area contributed by atoms with Crippen LogP contribution in [0.2, 0.25) is 0 Å². The van der Waals surface area contributed by atoms with Gasteiger partial charge in [-0.15, -0.1) is 0 Å². The second kappa shape index (κ2) is 15.2. The molecular weight excluding hydrogens is 508 g/mol. The largest absolute Gasteiger partial charge is 0.495 e. The summed E-state index contributed by atoms with van der Waals surface area (Å²) in [5, 5.41) is 12.1. The molecule has 1 aromatic rings. The summed E-state index contributed by atoms with van der Waals surface area (Å²) in [4.78, 5) is 60.3. The average Bonchev–Trinajstić information content (AvgIpc) is 2.81. The van der Waals surface area contributed by atoms with Gasteiger partial charge in [0.2, 0.25) is 11.8 Å². The molecule has 0 heterocycles. The van der Waals surface area contributed by atoms with Crippen molar-refractivity contribution in [3.8, 4) is 5.75 Å². The van der Waals surface area contributed by atoms with Gasteiger partial charge in [-0.1, -0.05) is 12.6 Å². The predicted molar refractivity (Wildman–Crippen MR) is 129 cm³/mol. The van der Waals surface area contributed by atoms with Crippen molar-refractivity contribution in [2.45, 2.75) is 53.2 Å². The lowest BCUT2D eigenvalue weighted by atomic mass is 10.2. The molecule has 14 heteroatoms. The molecule has 2 atom stereocenters. The molecule has 0 aliphatic carbocycles. The number of hydrogen-bond acceptors (Lipinski definition) is 12. The van der Waals surface area contributed by atoms with Gasteiger partial charge in [-0.05, 0) is 17.7 Å². The Balaban J connectivity index is 3.49. The molecule has 14 nitrogen and oxygen atoms in total. The molecule has 0 bridgehead atoms. The molecule has 38 heavy (non-hydrogen) atoms. The van der Waals surface area contributed by atoms with Crippen LogP contribution in [-0.4, -0.2) is 79.3 Å². The Morgan fingerprint density at radius 3 is 2.03 bits per heavy atom. The van der Waals surface area contributed by atoms with Crippen molar-refractivity contribution < 1.29 is 57.5 Å². The van der Waals surface area contributed by atoms with Crippen LogP contribution in [-0.2, 0) is 54.3 Å². The predicted octanol–water partition coefficient (Wildman–Crippen LogP) is 0.819. The molecular formula is C24H32N2O12. The summed E-state index contributed by atoms with van der Waals surface area (Å²) in [6.07, 6.45) is -5.22. The Bertz CT molecular complexity index is 1030. The number of rotatable bonds is 14. The standard InChI is InChI=1S/C24H32N2O12/c1-13(33-7)22(34-15(3)29)38-24(23(35-16(4)30)36-17(5)31)37-20-9-8-18(12-27)10-19(20)25-21(32)11-26(6)14(2)28/h8-10,22-24,27H,1,11-12H2,2-7H3,(H,25,32). The van der Waals surface area contributed by atoms with Gasteiger partial charge in [-0.2, -0.15) is 0 Å². The van der Waals surface area contributed by atoms with Crippen molar-refractivity contribution in [2.75, 3.05) is 26.0 Å². The molecule has 210 valence electrons. The first-order valence-electron chi connectivity index (χ1n) is 11.1. The van der Waals surface area contributed by atoms with Gasteiger partial charge in [0.25, 0.3) is 12.6 Å². The quantitative estimate of drug-likeness (QED) is 0.193. The minimum Gasteiger partial charge on any atom is -0.495 e. The molecule has 0 aromatic heterocycles. The molecule has 0 radical (unpaired) electrons. The Hall–Kier alpha value is -4.17. The van der Waals surface area contributed by atoms with Crippen molar-refractivity contribution in [1.82, 2.24) is 4.90 Å². The van der Waals surface area contributed by atoms with E-state index in [0.29, 0.717) is 5.56 Å². The van der Waals surface area contributed by atoms with Gasteiger partial charge in [0.05, 0.1) is 25.9 Å². The molecule has 2 amide bonds. The monoisotopic (exact) mass is 540 g/mol. The molecule has 0 saturated carbocycles. The topological polar surface area (TPSA) is 176 Å². The molecule has 0 spiro atoms. The highest BCUT2D eigenvalue weighted by molar-refractivity contribution is 5.95. The fourth-order valence-corrected chi connectivity index (χ4v) is 2.67. The Morgan fingerprint density at radius 1 is 0.974 bits per heavy atom. The van der Waals surface area contributed by atoms with E-state index in [9.17, 15) is 29.1 Å². The molecule has 0 aliphatic rings. The van der Waals surface area contributed by atoms with Crippen LogP contribution in [0.1, 0.15) is 33.3 Å². The van der Waals surface area contributed by atoms with E-state index in [1.165, 1.54) is 39.3 Å². The molecule has 0 saturated heterocycles. The number of nitrogens with zero attached hydrogens (tertiary/aromatic N) is 1. The molecule has 1 aromatic carbocycles. The van der Waals surface area contributed by atoms with Crippen molar-refractivity contribution in [3.05, 3.63) is 36.1 Å². The highest BCUT2D eigenvalue weighted by atomic mass is 16.8. The first-order chi connectivity index (χ1) is 17.8. The van der Waals surface area contributed by atoms with Crippen LogP contribution in [0.4, 0.5) is 5.69 Å². The van der Waals surface area contributed by atoms with Crippen LogP contribution >= 0.6 is 0 Å². The lowest BCUT2D eigenvalue weighted by molar-refractivity contribution is -0.283. The summed E-state index contributed by atoms with van der Waals surface area (Å²) in [5.74, 6) is -3.79. The molecule has 0 aliphatic heterocycles. The SMILES string of the molecule is C=C(OC)C(OC(C)=O)OC(Oc1ccc(CO)cc1NC(=O)CN(C)C(C)=O)C(OC(C)=O)OC(C)=O. The van der Waals surface area contributed by atoms with E-state index in [1.54, 1.807) is 0 Å². The third-order valence-corrected chi connectivity index (χ3v) is 4.50. The number of carbonyl (C=O) groups excluding carboxylic acids is 5. The summed E-state index contributed by atoms with van der Waals surface area (Å²) >= 11 is 0. The van der Waals surface area contributed by atoms with Gasteiger partial charge in [-0.3, -0.25) is 28.7 Å². The van der Waals surface area contributed by atoms with Crippen molar-refractivity contribution in [2.24, 2.45) is 0 Å². The number of ether oxygens (including phenoxy) is 6. The number of amides is 2. The van der Waals surface area contributed by atoms with Crippen molar-refractivity contribution in [3.63, 3.8) is 0 Å². The van der Waals surface area contributed by atoms with Gasteiger partial charge in [-0.25, -0.2) is 0 Å². The normalized spacial score (nSPS) is 12.0. The maximum atomic E-state index is 12.5. The van der Waals surface area contributed by atoms with Crippen LogP contribution in [0.25, 0.3) is 0 Å². The number of likely N-dealkylation sites (N-methyl/N-ethyl adjacent to an activating group) is 1. The minimum absolute atomic E-state index is 0.0195. The number of nitrogens with one attached hydrogen (secondary N) is 1. The van der Waals surface area contributed by atoms with Gasteiger partial charge in [0.15, 0.2) is 5.76 Å². The number of aliphatic hydroxyl groups is 1. The van der Waals surface area contributed by atoms with E-state index in [2.05, 4.69) is 11.9 Å². The van der Waals surface area contributed by atoms with Gasteiger partial charge in [0, 0.05) is 34.7 Å². The van der Waals surface area contributed by atoms with Gasteiger partial charge < -0.3 is 39.0 Å². The third kappa shape index (κ3) is 10.8. The maximum Gasteiger partial charge on any atom is 0.309 e. The Kier molecular flexibility index (Phi) is 12.7. The zero-order chi connectivity index (χ0) is 29.0. The van der Waals surface area contributed by atoms with E-state index in [0.717, 1.165) is 25.7 Å². The number of methoxy groups -OCH3 is 1. The smallest absolute Gasteiger partial charge is 0.309 e. The fourth-order valence-electron chi connectivity index (χ4n) is 2.67. The first-order valence-corrected chi connectivity index (χ1v) is 11.1. The summed E-state index contributed by atoms with van der Waals surface area (Å²) in [7, 11) is 2.65. The van der Waals surface area contributed by atoms with E-state index in [4.69, 9.17) is 28.4 Å². The number of carbonyl (C=O) groups is 5. The number of anilines is 1. The molecule has 2 N–H and O–H groups in total. The average molecular weight is 541 g/mol. The third-order valence-electron chi connectivity index (χ3n) is 4.50. The van der Waals surface area contributed by atoms with E-state index in [-0.39, 0.29) is 36.3 Å². The second-order valence-corrected chi connectivity index (χ2v) is 7.73. The van der Waals surface area contributed by atoms with Crippen LogP contribution in [0.5, 0.6) is 5.75 Å². The van der Waals surface area contributed by atoms with Gasteiger partial charge in [0.1, 0.15) is 5.75 Å². The summed E-state index contributed by atoms with van der Waals surface area (Å²) in [5.41, 5.74) is 0.401. The minimum atomic E-state index is -1.82. The number of benzene rings is 1. The van der Waals surface area contributed by atoms with Crippen molar-refractivity contribution in [1.29, 1.82) is 0 Å². The molecule has 1 rings (SSSR count). The van der Waals surface area contributed by atoms with Crippen LogP contribution in [0.15, 0.2) is 30.5 Å². The maximum absolute atomic E-state index is 12.5. The fraction of sp³-hybridized carbons (Fsp3) is 0.458. The number of hydrogen-bond donors (Lipinski definition) is 2. The van der Waals surface area contributed by atoms with E-state index < -0.39 is 42.7 Å². The van der Waals surface area contributed by atoms with E-state index in [1.807, 2.05) is 0 Å². The zero-order valence-electron chi connectivity index (χ0n) is 22.0. The summed E-state index contributed by atoms with van der Waals surface area (Å²) in [6.45, 7) is 7.34. The van der Waals surface area contributed by atoms with Crippen LogP contribution in [0, 0.1) is 0 Å². The number of esters is 3. The first kappa shape index (κ1) is 31.9. The molecule has 0 fully saturated rings. The van der Waals surface area contributed by atoms with E-state index >= 15 is 0 Å². The highest BCUT2D eigenvalue weighted by Gasteiger charge is 2.36. The molecule has 2 unspecified atom stereocenters. The highest BCUT2D eigenvalue weighted by Crippen LogP contribution is 2.29. The van der Waals surface area contributed by atoms with Gasteiger partial charge >= 0.3 is 24.2 Å². The summed E-state index contributed by atoms with van der Waals surface area (Å²) in [6, 6.07) is 4.17. The lowest BCUT2D eigenvalue weighted by Crippen LogP contribution is -2.44. The van der Waals surface area contributed by atoms with Crippen molar-refractivity contribution >= 4 is 35.4 Å². The zero-order valence-corrected chi connectivity index (χ0v) is 22.0. The van der Waals surface area contributed by atoms with Crippen LogP contribution in [0.3, 0.4) is 0 Å². The van der Waals surface area contributed by atoms with Crippen LogP contribution < -0.4 is 10.1 Å². The Morgan fingerprint density at radius 2 is 1.55 bits per heavy atom. The number of aliphatic hydroxyl groups excluding tert-OH is 1. The second-order valence-electron chi connectivity index (χ2n) is 7.73. The summed E-state index contributed by atoms with van der Waals surface area (Å²) < 4.78 is 31.6.